The molecule has 1 aliphatic rings. The maximum Gasteiger partial charge on any atom is 0.174 e. The molecule has 0 radical (unpaired) electrons. The Labute approximate surface area is 188 Å². The van der Waals surface area contributed by atoms with Crippen LogP contribution in [0.1, 0.15) is 26.0 Å². The van der Waals surface area contributed by atoms with Crippen molar-refractivity contribution in [1.82, 2.24) is 9.55 Å². The SMILES string of the molecule is CC.C[Si](C)(C)CCOCn1c(I)nc(C2=CC=NCC2)c1-c1ccc(F)cc1. The number of benzene rings is 1. The van der Waals surface area contributed by atoms with Crippen LogP contribution in [-0.2, 0) is 11.5 Å². The van der Waals surface area contributed by atoms with Crippen molar-refractivity contribution in [2.24, 2.45) is 4.99 Å². The Hall–Kier alpha value is -1.32. The number of imidazole rings is 1. The Morgan fingerprint density at radius 3 is 2.45 bits per heavy atom. The molecule has 4 nitrogen and oxygen atoms in total. The Morgan fingerprint density at radius 1 is 1.17 bits per heavy atom. The maximum absolute atomic E-state index is 13.4. The van der Waals surface area contributed by atoms with Crippen molar-refractivity contribution < 1.29 is 9.13 Å². The lowest BCUT2D eigenvalue weighted by Crippen LogP contribution is -2.22. The van der Waals surface area contributed by atoms with Crippen LogP contribution >= 0.6 is 22.6 Å². The van der Waals surface area contributed by atoms with Gasteiger partial charge in [0.05, 0.1) is 11.4 Å². The standard InChI is InChI=1S/C20H25FIN3OSi.C2H6/c1-27(2,3)13-12-26-14-25-19(16-4-6-17(21)7-5-16)18(24-20(25)22)15-8-10-23-11-9-15;1-2/h4-8,10H,9,11-14H2,1-3H3;1-2H3. The average Bonchev–Trinajstić information content (AvgIpc) is 3.04. The second kappa shape index (κ2) is 11.2. The predicted octanol–water partition coefficient (Wildman–Crippen LogP) is 6.49. The molecule has 0 saturated carbocycles. The van der Waals surface area contributed by atoms with Crippen molar-refractivity contribution in [2.75, 3.05) is 13.2 Å². The Kier molecular flexibility index (Phi) is 9.23. The molecule has 0 bridgehead atoms. The van der Waals surface area contributed by atoms with Gasteiger partial charge >= 0.3 is 0 Å². The molecule has 0 amide bonds. The summed E-state index contributed by atoms with van der Waals surface area (Å²) in [5, 5.41) is 0. The van der Waals surface area contributed by atoms with Crippen LogP contribution in [-0.4, -0.2) is 37.0 Å². The number of ether oxygens (including phenoxy) is 1. The van der Waals surface area contributed by atoms with Crippen LogP contribution in [0, 0.1) is 9.65 Å². The molecule has 29 heavy (non-hydrogen) atoms. The lowest BCUT2D eigenvalue weighted by molar-refractivity contribution is 0.0864. The smallest absolute Gasteiger partial charge is 0.174 e. The monoisotopic (exact) mass is 527 g/mol. The van der Waals surface area contributed by atoms with Gasteiger partial charge in [0.25, 0.3) is 0 Å². The van der Waals surface area contributed by atoms with Crippen LogP contribution < -0.4 is 0 Å². The quantitative estimate of drug-likeness (QED) is 0.235. The first-order chi connectivity index (χ1) is 13.8. The summed E-state index contributed by atoms with van der Waals surface area (Å²) in [6, 6.07) is 7.72. The fourth-order valence-electron chi connectivity index (χ4n) is 2.88. The molecule has 0 N–H and O–H groups in total. The molecular weight excluding hydrogens is 496 g/mol. The van der Waals surface area contributed by atoms with E-state index in [1.165, 1.54) is 12.1 Å². The van der Waals surface area contributed by atoms with E-state index in [2.05, 4.69) is 51.8 Å². The average molecular weight is 527 g/mol. The number of halogens is 2. The zero-order valence-electron chi connectivity index (χ0n) is 18.0. The van der Waals surface area contributed by atoms with E-state index < -0.39 is 8.07 Å². The van der Waals surface area contributed by atoms with E-state index in [4.69, 9.17) is 9.72 Å². The van der Waals surface area contributed by atoms with Gasteiger partial charge in [-0.25, -0.2) is 9.37 Å². The second-order valence-electron chi connectivity index (χ2n) is 7.86. The van der Waals surface area contributed by atoms with Gasteiger partial charge in [-0.1, -0.05) is 33.5 Å². The summed E-state index contributed by atoms with van der Waals surface area (Å²) >= 11 is 2.25. The summed E-state index contributed by atoms with van der Waals surface area (Å²) < 4.78 is 22.4. The highest BCUT2D eigenvalue weighted by Gasteiger charge is 2.21. The fraction of sp³-hybridized carbons (Fsp3) is 0.455. The minimum Gasteiger partial charge on any atom is -0.361 e. The lowest BCUT2D eigenvalue weighted by Gasteiger charge is -2.17. The van der Waals surface area contributed by atoms with Gasteiger partial charge in [-0.2, -0.15) is 0 Å². The molecule has 0 fully saturated rings. The van der Waals surface area contributed by atoms with Gasteiger partial charge in [0.2, 0.25) is 0 Å². The van der Waals surface area contributed by atoms with Crippen LogP contribution in [0.4, 0.5) is 4.39 Å². The molecule has 2 aromatic rings. The van der Waals surface area contributed by atoms with Gasteiger partial charge in [-0.05, 0) is 48.4 Å². The molecule has 1 aromatic carbocycles. The van der Waals surface area contributed by atoms with Gasteiger partial charge in [-0.3, -0.25) is 9.56 Å². The van der Waals surface area contributed by atoms with Crippen molar-refractivity contribution in [3.05, 3.63) is 45.7 Å². The molecule has 158 valence electrons. The third-order valence-electron chi connectivity index (χ3n) is 4.45. The van der Waals surface area contributed by atoms with Gasteiger partial charge < -0.3 is 4.74 Å². The fourth-order valence-corrected chi connectivity index (χ4v) is 4.26. The predicted molar refractivity (Wildman–Crippen MR) is 132 cm³/mol. The van der Waals surface area contributed by atoms with Crippen LogP contribution in [0.5, 0.6) is 0 Å². The van der Waals surface area contributed by atoms with Gasteiger partial charge in [0.15, 0.2) is 3.83 Å². The molecule has 0 unspecified atom stereocenters. The highest BCUT2D eigenvalue weighted by Crippen LogP contribution is 2.33. The Bertz CT molecular complexity index is 854. The third-order valence-corrected chi connectivity index (χ3v) is 6.98. The Morgan fingerprint density at radius 2 is 1.86 bits per heavy atom. The molecule has 0 saturated heterocycles. The number of dihydropyridines is 1. The van der Waals surface area contributed by atoms with E-state index in [0.717, 1.165) is 52.0 Å². The van der Waals surface area contributed by atoms with E-state index in [1.54, 1.807) is 0 Å². The molecule has 7 heteroatoms. The van der Waals surface area contributed by atoms with Crippen molar-refractivity contribution >= 4 is 42.5 Å². The van der Waals surface area contributed by atoms with Crippen LogP contribution in [0.25, 0.3) is 16.8 Å². The number of hydrogen-bond donors (Lipinski definition) is 0. The number of nitrogens with zero attached hydrogens (tertiary/aromatic N) is 3. The van der Waals surface area contributed by atoms with E-state index in [0.29, 0.717) is 6.73 Å². The van der Waals surface area contributed by atoms with E-state index in [1.807, 2.05) is 38.3 Å². The van der Waals surface area contributed by atoms with Gasteiger partial charge in [0.1, 0.15) is 12.5 Å². The number of rotatable bonds is 7. The first kappa shape index (κ1) is 24.0. The summed E-state index contributed by atoms with van der Waals surface area (Å²) in [6.07, 6.45) is 4.71. The number of aromatic nitrogens is 2. The maximum atomic E-state index is 13.4. The molecule has 0 aliphatic carbocycles. The van der Waals surface area contributed by atoms with Gasteiger partial charge in [-0.15, -0.1) is 0 Å². The second-order valence-corrected chi connectivity index (χ2v) is 14.4. The van der Waals surface area contributed by atoms with Crippen LogP contribution in [0.2, 0.25) is 25.7 Å². The summed E-state index contributed by atoms with van der Waals surface area (Å²) in [6.45, 7) is 13.0. The minimum atomic E-state index is -1.13. The summed E-state index contributed by atoms with van der Waals surface area (Å²) in [7, 11) is -1.13. The van der Waals surface area contributed by atoms with Gasteiger partial charge in [0, 0.05) is 55.6 Å². The molecule has 0 atom stereocenters. The highest BCUT2D eigenvalue weighted by atomic mass is 127. The first-order valence-corrected chi connectivity index (χ1v) is 14.9. The Balaban J connectivity index is 0.00000145. The van der Waals surface area contributed by atoms with E-state index in [-0.39, 0.29) is 5.82 Å². The topological polar surface area (TPSA) is 39.4 Å². The molecule has 1 aliphatic heterocycles. The molecule has 1 aromatic heterocycles. The summed E-state index contributed by atoms with van der Waals surface area (Å²) in [5.74, 6) is -0.239. The zero-order chi connectivity index (χ0) is 21.4. The first-order valence-electron chi connectivity index (χ1n) is 10.1. The van der Waals surface area contributed by atoms with Crippen LogP contribution in [0.15, 0.2) is 35.3 Å². The van der Waals surface area contributed by atoms with Crippen LogP contribution in [0.3, 0.4) is 0 Å². The zero-order valence-corrected chi connectivity index (χ0v) is 21.2. The molecule has 0 spiro atoms. The summed E-state index contributed by atoms with van der Waals surface area (Å²) in [4.78, 5) is 9.09. The lowest BCUT2D eigenvalue weighted by atomic mass is 10.0. The normalized spacial score (nSPS) is 13.7. The van der Waals surface area contributed by atoms with Crippen molar-refractivity contribution in [3.8, 4) is 11.3 Å². The van der Waals surface area contributed by atoms with E-state index in [9.17, 15) is 4.39 Å². The number of aliphatic imine (C=N–C) groups is 1. The molecular formula is C22H31FIN3OSi. The molecule has 2 heterocycles. The number of allylic oxidation sites excluding steroid dienone is 1. The largest absolute Gasteiger partial charge is 0.361 e. The van der Waals surface area contributed by atoms with E-state index >= 15 is 0 Å². The van der Waals surface area contributed by atoms with Crippen molar-refractivity contribution in [2.45, 2.75) is 52.7 Å². The number of hydrogen-bond acceptors (Lipinski definition) is 3. The summed E-state index contributed by atoms with van der Waals surface area (Å²) in [5.41, 5.74) is 4.02. The van der Waals surface area contributed by atoms with Crippen molar-refractivity contribution in [3.63, 3.8) is 0 Å². The minimum absolute atomic E-state index is 0.239. The highest BCUT2D eigenvalue weighted by molar-refractivity contribution is 14.1. The van der Waals surface area contributed by atoms with Crippen molar-refractivity contribution in [1.29, 1.82) is 0 Å². The molecule has 3 rings (SSSR count). The third kappa shape index (κ3) is 6.86.